The minimum absolute atomic E-state index is 0.137. The summed E-state index contributed by atoms with van der Waals surface area (Å²) in [5.41, 5.74) is 5.12. The molecular formula is C11H15N3O4S. The highest BCUT2D eigenvalue weighted by molar-refractivity contribution is 7.89. The van der Waals surface area contributed by atoms with Crippen molar-refractivity contribution in [3.63, 3.8) is 0 Å². The molecule has 19 heavy (non-hydrogen) atoms. The molecule has 7 nitrogen and oxygen atoms in total. The van der Waals surface area contributed by atoms with Gasteiger partial charge < -0.3 is 5.73 Å². The van der Waals surface area contributed by atoms with Gasteiger partial charge in [0, 0.05) is 17.8 Å². The lowest BCUT2D eigenvalue weighted by atomic mass is 10.3. The molecule has 1 aliphatic rings. The van der Waals surface area contributed by atoms with Gasteiger partial charge in [0.15, 0.2) is 4.90 Å². The van der Waals surface area contributed by atoms with Crippen molar-refractivity contribution >= 4 is 21.4 Å². The summed E-state index contributed by atoms with van der Waals surface area (Å²) in [7, 11) is -3.88. The number of sulfonamides is 1. The van der Waals surface area contributed by atoms with E-state index in [0.29, 0.717) is 0 Å². The van der Waals surface area contributed by atoms with Gasteiger partial charge >= 0.3 is 0 Å². The molecule has 2 rings (SSSR count). The van der Waals surface area contributed by atoms with E-state index in [1.807, 2.05) is 0 Å². The van der Waals surface area contributed by atoms with E-state index in [4.69, 9.17) is 5.73 Å². The summed E-state index contributed by atoms with van der Waals surface area (Å²) in [5.74, 6) is 0. The van der Waals surface area contributed by atoms with Crippen LogP contribution in [0.4, 0.5) is 11.4 Å². The van der Waals surface area contributed by atoms with Crippen molar-refractivity contribution in [2.75, 3.05) is 5.73 Å². The first-order valence-electron chi connectivity index (χ1n) is 5.96. The Morgan fingerprint density at radius 2 is 1.95 bits per heavy atom. The number of rotatable bonds is 4. The minimum Gasteiger partial charge on any atom is -0.399 e. The lowest BCUT2D eigenvalue weighted by molar-refractivity contribution is -0.387. The van der Waals surface area contributed by atoms with Crippen LogP contribution in [-0.2, 0) is 10.0 Å². The fourth-order valence-corrected chi connectivity index (χ4v) is 3.69. The normalized spacial score (nSPS) is 16.6. The smallest absolute Gasteiger partial charge is 0.291 e. The van der Waals surface area contributed by atoms with Crippen molar-refractivity contribution in [2.45, 2.75) is 36.6 Å². The number of hydrogen-bond acceptors (Lipinski definition) is 5. The summed E-state index contributed by atoms with van der Waals surface area (Å²) < 4.78 is 26.8. The highest BCUT2D eigenvalue weighted by atomic mass is 32.2. The van der Waals surface area contributed by atoms with Gasteiger partial charge in [-0.3, -0.25) is 10.1 Å². The van der Waals surface area contributed by atoms with E-state index >= 15 is 0 Å². The molecule has 1 saturated carbocycles. The van der Waals surface area contributed by atoms with Crippen molar-refractivity contribution in [1.82, 2.24) is 4.72 Å². The molecule has 0 spiro atoms. The van der Waals surface area contributed by atoms with Gasteiger partial charge in [-0.2, -0.15) is 0 Å². The molecular weight excluding hydrogens is 270 g/mol. The van der Waals surface area contributed by atoms with Crippen LogP contribution < -0.4 is 10.5 Å². The zero-order valence-electron chi connectivity index (χ0n) is 10.2. The van der Waals surface area contributed by atoms with E-state index in [1.54, 1.807) is 0 Å². The van der Waals surface area contributed by atoms with Crippen molar-refractivity contribution in [2.24, 2.45) is 0 Å². The van der Waals surface area contributed by atoms with Crippen LogP contribution in [0.2, 0.25) is 0 Å². The average Bonchev–Trinajstić information content (AvgIpc) is 2.80. The van der Waals surface area contributed by atoms with Gasteiger partial charge in [-0.05, 0) is 25.0 Å². The van der Waals surface area contributed by atoms with E-state index in [9.17, 15) is 18.5 Å². The molecule has 0 saturated heterocycles. The van der Waals surface area contributed by atoms with Crippen LogP contribution in [0.1, 0.15) is 25.7 Å². The molecule has 0 atom stereocenters. The summed E-state index contributed by atoms with van der Waals surface area (Å²) in [5, 5.41) is 10.9. The predicted molar refractivity (Wildman–Crippen MR) is 70.1 cm³/mol. The number of hydrogen-bond donors (Lipinski definition) is 2. The molecule has 0 unspecified atom stereocenters. The predicted octanol–water partition coefficient (Wildman–Crippen LogP) is 1.40. The fourth-order valence-electron chi connectivity index (χ4n) is 2.23. The minimum atomic E-state index is -3.88. The van der Waals surface area contributed by atoms with Crippen molar-refractivity contribution in [3.05, 3.63) is 28.3 Å². The van der Waals surface area contributed by atoms with Gasteiger partial charge in [-0.25, -0.2) is 13.1 Å². The van der Waals surface area contributed by atoms with Crippen LogP contribution in [0.5, 0.6) is 0 Å². The number of nitrogen functional groups attached to an aromatic ring is 1. The maximum atomic E-state index is 12.2. The van der Waals surface area contributed by atoms with Crippen molar-refractivity contribution < 1.29 is 13.3 Å². The van der Waals surface area contributed by atoms with E-state index in [1.165, 1.54) is 12.1 Å². The number of nitrogens with one attached hydrogen (secondary N) is 1. The Morgan fingerprint density at radius 3 is 2.53 bits per heavy atom. The third-order valence-corrected chi connectivity index (χ3v) is 4.71. The van der Waals surface area contributed by atoms with Crippen LogP contribution in [0, 0.1) is 10.1 Å². The van der Waals surface area contributed by atoms with Crippen LogP contribution >= 0.6 is 0 Å². The number of benzene rings is 1. The molecule has 1 aromatic carbocycles. The molecule has 0 amide bonds. The Bertz CT molecular complexity index is 594. The molecule has 0 aromatic heterocycles. The summed E-state index contributed by atoms with van der Waals surface area (Å²) >= 11 is 0. The molecule has 1 fully saturated rings. The Balaban J connectivity index is 2.36. The van der Waals surface area contributed by atoms with Crippen LogP contribution in [0.3, 0.4) is 0 Å². The topological polar surface area (TPSA) is 115 Å². The molecule has 3 N–H and O–H groups in total. The average molecular weight is 285 g/mol. The van der Waals surface area contributed by atoms with Crippen molar-refractivity contribution in [1.29, 1.82) is 0 Å². The lowest BCUT2D eigenvalue weighted by Gasteiger charge is -2.12. The van der Waals surface area contributed by atoms with Gasteiger partial charge in [-0.1, -0.05) is 12.8 Å². The molecule has 104 valence electrons. The zero-order chi connectivity index (χ0) is 14.0. The maximum Gasteiger partial charge on any atom is 0.291 e. The Kier molecular flexibility index (Phi) is 3.72. The largest absolute Gasteiger partial charge is 0.399 e. The number of anilines is 1. The standard InChI is InChI=1S/C11H15N3O4S/c12-8-5-6-11(10(7-8)14(15)16)19(17,18)13-9-3-1-2-4-9/h5-7,9,13H,1-4,12H2. The molecule has 0 bridgehead atoms. The summed E-state index contributed by atoms with van der Waals surface area (Å²) in [6.45, 7) is 0. The maximum absolute atomic E-state index is 12.2. The van der Waals surface area contributed by atoms with Crippen molar-refractivity contribution in [3.8, 4) is 0 Å². The number of nitrogens with two attached hydrogens (primary N) is 1. The van der Waals surface area contributed by atoms with E-state index in [2.05, 4.69) is 4.72 Å². The lowest BCUT2D eigenvalue weighted by Crippen LogP contribution is -2.33. The third kappa shape index (κ3) is 3.02. The summed E-state index contributed by atoms with van der Waals surface area (Å²) in [6, 6.07) is 3.44. The highest BCUT2D eigenvalue weighted by Crippen LogP contribution is 2.27. The number of nitro benzene ring substituents is 1. The Labute approximate surface area is 111 Å². The SMILES string of the molecule is Nc1ccc(S(=O)(=O)NC2CCCC2)c([N+](=O)[O-])c1. The monoisotopic (exact) mass is 285 g/mol. The van der Waals surface area contributed by atoms with Crippen LogP contribution in [0.15, 0.2) is 23.1 Å². The van der Waals surface area contributed by atoms with Crippen LogP contribution in [0.25, 0.3) is 0 Å². The quantitative estimate of drug-likeness (QED) is 0.493. The molecule has 0 radical (unpaired) electrons. The van der Waals surface area contributed by atoms with Gasteiger partial charge in [0.25, 0.3) is 5.69 Å². The number of nitro groups is 1. The first-order valence-corrected chi connectivity index (χ1v) is 7.45. The van der Waals surface area contributed by atoms with Gasteiger partial charge in [0.1, 0.15) is 0 Å². The van der Waals surface area contributed by atoms with E-state index < -0.39 is 20.6 Å². The second-order valence-electron chi connectivity index (χ2n) is 4.59. The molecule has 8 heteroatoms. The first kappa shape index (κ1) is 13.8. The molecule has 1 aromatic rings. The van der Waals surface area contributed by atoms with Gasteiger partial charge in [0.2, 0.25) is 10.0 Å². The Hall–Kier alpha value is -1.67. The third-order valence-electron chi connectivity index (χ3n) is 3.15. The summed E-state index contributed by atoms with van der Waals surface area (Å²) in [6.07, 6.45) is 3.47. The highest BCUT2D eigenvalue weighted by Gasteiger charge is 2.29. The second kappa shape index (κ2) is 5.14. The zero-order valence-corrected chi connectivity index (χ0v) is 11.0. The molecule has 1 aliphatic carbocycles. The molecule has 0 aliphatic heterocycles. The van der Waals surface area contributed by atoms with Gasteiger partial charge in [0.05, 0.1) is 4.92 Å². The number of nitrogens with zero attached hydrogens (tertiary/aromatic N) is 1. The molecule has 0 heterocycles. The second-order valence-corrected chi connectivity index (χ2v) is 6.27. The van der Waals surface area contributed by atoms with Crippen LogP contribution in [-0.4, -0.2) is 19.4 Å². The van der Waals surface area contributed by atoms with Gasteiger partial charge in [-0.15, -0.1) is 0 Å². The first-order chi connectivity index (χ1) is 8.90. The van der Waals surface area contributed by atoms with E-state index in [-0.39, 0.29) is 16.6 Å². The Morgan fingerprint density at radius 1 is 1.32 bits per heavy atom. The van der Waals surface area contributed by atoms with E-state index in [0.717, 1.165) is 31.7 Å². The fraction of sp³-hybridized carbons (Fsp3) is 0.455. The summed E-state index contributed by atoms with van der Waals surface area (Å²) in [4.78, 5) is 9.84.